The molecule has 0 radical (unpaired) electrons. The third-order valence-electron chi connectivity index (χ3n) is 3.95. The van der Waals surface area contributed by atoms with E-state index in [9.17, 15) is 9.59 Å². The topological polar surface area (TPSA) is 88.9 Å². The maximum absolute atomic E-state index is 12.0. The van der Waals surface area contributed by atoms with E-state index in [1.807, 2.05) is 47.9 Å². The first-order valence-corrected chi connectivity index (χ1v) is 10.3. The Morgan fingerprint density at radius 3 is 2.41 bits per heavy atom. The number of thioether (sulfide) groups is 1. The van der Waals surface area contributed by atoms with Crippen molar-refractivity contribution in [1.82, 2.24) is 25.4 Å². The lowest BCUT2D eigenvalue weighted by molar-refractivity contribution is -0.117. The lowest BCUT2D eigenvalue weighted by atomic mass is 10.2. The number of urea groups is 1. The van der Waals surface area contributed by atoms with Crippen molar-refractivity contribution in [3.05, 3.63) is 59.1 Å². The van der Waals surface area contributed by atoms with E-state index >= 15 is 0 Å². The fourth-order valence-electron chi connectivity index (χ4n) is 2.57. The van der Waals surface area contributed by atoms with Gasteiger partial charge in [-0.2, -0.15) is 0 Å². The van der Waals surface area contributed by atoms with E-state index in [0.717, 1.165) is 16.8 Å². The van der Waals surface area contributed by atoms with Crippen LogP contribution in [0.5, 0.6) is 0 Å². The molecule has 1 aromatic heterocycles. The second-order valence-electron chi connectivity index (χ2n) is 6.18. The summed E-state index contributed by atoms with van der Waals surface area (Å²) in [5.74, 6) is 0.256. The summed E-state index contributed by atoms with van der Waals surface area (Å²) in [6.07, 6.45) is 0. The molecule has 7 nitrogen and oxygen atoms in total. The highest BCUT2D eigenvalue weighted by atomic mass is 35.5. The highest BCUT2D eigenvalue weighted by Crippen LogP contribution is 2.28. The van der Waals surface area contributed by atoms with Crippen LogP contribution in [0.2, 0.25) is 5.02 Å². The molecule has 0 spiro atoms. The number of halogens is 1. The van der Waals surface area contributed by atoms with Gasteiger partial charge in [0.15, 0.2) is 11.0 Å². The highest BCUT2D eigenvalue weighted by molar-refractivity contribution is 7.99. The average molecular weight is 430 g/mol. The van der Waals surface area contributed by atoms with E-state index in [2.05, 4.69) is 20.8 Å². The van der Waals surface area contributed by atoms with Crippen molar-refractivity contribution in [1.29, 1.82) is 0 Å². The number of aryl methyl sites for hydroxylation is 1. The fourth-order valence-corrected chi connectivity index (χ4v) is 3.45. The highest BCUT2D eigenvalue weighted by Gasteiger charge is 2.18. The van der Waals surface area contributed by atoms with Crippen LogP contribution in [0.25, 0.3) is 17.1 Å². The van der Waals surface area contributed by atoms with Crippen LogP contribution in [0.4, 0.5) is 4.79 Å². The first kappa shape index (κ1) is 20.9. The average Bonchev–Trinajstić information content (AvgIpc) is 3.11. The molecule has 0 saturated heterocycles. The van der Waals surface area contributed by atoms with Gasteiger partial charge in [-0.25, -0.2) is 4.79 Å². The van der Waals surface area contributed by atoms with Gasteiger partial charge >= 0.3 is 6.03 Å². The summed E-state index contributed by atoms with van der Waals surface area (Å²) >= 11 is 7.21. The van der Waals surface area contributed by atoms with E-state index < -0.39 is 11.9 Å². The zero-order valence-corrected chi connectivity index (χ0v) is 17.5. The van der Waals surface area contributed by atoms with Gasteiger partial charge < -0.3 is 5.32 Å². The van der Waals surface area contributed by atoms with Crippen molar-refractivity contribution >= 4 is 35.3 Å². The molecule has 0 aliphatic carbocycles. The Morgan fingerprint density at radius 2 is 1.76 bits per heavy atom. The Morgan fingerprint density at radius 1 is 1.07 bits per heavy atom. The number of nitrogens with one attached hydrogen (secondary N) is 2. The van der Waals surface area contributed by atoms with Crippen LogP contribution in [0.3, 0.4) is 0 Å². The number of imide groups is 1. The third-order valence-corrected chi connectivity index (χ3v) is 5.13. The summed E-state index contributed by atoms with van der Waals surface area (Å²) in [6, 6.07) is 14.7. The predicted molar refractivity (Wildman–Crippen MR) is 114 cm³/mol. The number of hydrogen-bond acceptors (Lipinski definition) is 5. The molecule has 2 N–H and O–H groups in total. The molecule has 2 aromatic carbocycles. The first-order chi connectivity index (χ1) is 14.0. The third kappa shape index (κ3) is 5.36. The molecule has 3 amide bonds. The number of benzene rings is 2. The molecule has 0 bridgehead atoms. The van der Waals surface area contributed by atoms with Gasteiger partial charge in [0, 0.05) is 22.8 Å². The van der Waals surface area contributed by atoms with Crippen LogP contribution in [-0.4, -0.2) is 39.0 Å². The number of rotatable bonds is 6. The van der Waals surface area contributed by atoms with Gasteiger partial charge in [-0.1, -0.05) is 41.1 Å². The predicted octanol–water partition coefficient (Wildman–Crippen LogP) is 3.83. The van der Waals surface area contributed by atoms with Crippen LogP contribution in [0.1, 0.15) is 12.5 Å². The van der Waals surface area contributed by atoms with E-state index in [4.69, 9.17) is 11.6 Å². The summed E-state index contributed by atoms with van der Waals surface area (Å²) < 4.78 is 1.88. The van der Waals surface area contributed by atoms with Crippen LogP contribution in [0.15, 0.2) is 53.7 Å². The molecular formula is C20H20ClN5O2S. The zero-order valence-electron chi connectivity index (χ0n) is 16.0. The van der Waals surface area contributed by atoms with Crippen molar-refractivity contribution in [3.63, 3.8) is 0 Å². The largest absolute Gasteiger partial charge is 0.338 e. The lowest BCUT2D eigenvalue weighted by Crippen LogP contribution is -2.40. The number of carbonyl (C=O) groups excluding carboxylic acids is 2. The summed E-state index contributed by atoms with van der Waals surface area (Å²) in [4.78, 5) is 23.5. The van der Waals surface area contributed by atoms with E-state index in [-0.39, 0.29) is 5.75 Å². The normalized spacial score (nSPS) is 10.6. The van der Waals surface area contributed by atoms with Crippen molar-refractivity contribution in [2.75, 3.05) is 12.3 Å². The van der Waals surface area contributed by atoms with Gasteiger partial charge in [-0.05, 0) is 50.2 Å². The van der Waals surface area contributed by atoms with Crippen LogP contribution < -0.4 is 10.6 Å². The molecule has 0 fully saturated rings. The van der Waals surface area contributed by atoms with Gasteiger partial charge in [0.05, 0.1) is 5.75 Å². The van der Waals surface area contributed by atoms with E-state index in [1.54, 1.807) is 19.1 Å². The Labute approximate surface area is 177 Å². The van der Waals surface area contributed by atoms with Crippen molar-refractivity contribution < 1.29 is 9.59 Å². The number of amides is 3. The number of nitrogens with zero attached hydrogens (tertiary/aromatic N) is 3. The minimum Gasteiger partial charge on any atom is -0.338 e. The molecule has 0 aliphatic rings. The Bertz CT molecular complexity index is 1000. The van der Waals surface area contributed by atoms with E-state index in [1.165, 1.54) is 11.8 Å². The molecule has 0 unspecified atom stereocenters. The number of carbonyl (C=O) groups is 2. The molecular weight excluding hydrogens is 410 g/mol. The van der Waals surface area contributed by atoms with E-state index in [0.29, 0.717) is 22.5 Å². The van der Waals surface area contributed by atoms with Crippen LogP contribution in [0, 0.1) is 6.92 Å². The summed E-state index contributed by atoms with van der Waals surface area (Å²) in [5.41, 5.74) is 2.85. The Hall–Kier alpha value is -2.84. The second-order valence-corrected chi connectivity index (χ2v) is 7.56. The molecule has 0 aliphatic heterocycles. The minimum atomic E-state index is -0.514. The lowest BCUT2D eigenvalue weighted by Gasteiger charge is -2.11. The number of aromatic nitrogens is 3. The minimum absolute atomic E-state index is 0.0295. The molecule has 1 heterocycles. The summed E-state index contributed by atoms with van der Waals surface area (Å²) in [5, 5.41) is 14.6. The summed E-state index contributed by atoms with van der Waals surface area (Å²) in [7, 11) is 0. The molecule has 3 rings (SSSR count). The van der Waals surface area contributed by atoms with Crippen LogP contribution >= 0.6 is 23.4 Å². The molecule has 0 saturated carbocycles. The van der Waals surface area contributed by atoms with Crippen molar-refractivity contribution in [2.24, 2.45) is 0 Å². The smallest absolute Gasteiger partial charge is 0.321 e. The molecule has 3 aromatic rings. The molecule has 9 heteroatoms. The maximum Gasteiger partial charge on any atom is 0.321 e. The van der Waals surface area contributed by atoms with Gasteiger partial charge in [0.1, 0.15) is 0 Å². The molecule has 0 atom stereocenters. The molecule has 150 valence electrons. The fraction of sp³-hybridized carbons (Fsp3) is 0.200. The van der Waals surface area contributed by atoms with Crippen LogP contribution in [-0.2, 0) is 4.79 Å². The summed E-state index contributed by atoms with van der Waals surface area (Å²) in [6.45, 7) is 4.23. The van der Waals surface area contributed by atoms with Gasteiger partial charge in [-0.15, -0.1) is 10.2 Å². The Balaban J connectivity index is 1.89. The Kier molecular flexibility index (Phi) is 6.90. The van der Waals surface area contributed by atoms with Crippen molar-refractivity contribution in [3.8, 4) is 17.1 Å². The quantitative estimate of drug-likeness (QED) is 0.581. The van der Waals surface area contributed by atoms with Crippen molar-refractivity contribution in [2.45, 2.75) is 19.0 Å². The van der Waals surface area contributed by atoms with Gasteiger partial charge in [-0.3, -0.25) is 14.7 Å². The SMILES string of the molecule is CCNC(=O)NC(=O)CSc1nnc(-c2ccc(Cl)cc2)n1-c1ccc(C)cc1. The van der Waals surface area contributed by atoms with Gasteiger partial charge in [0.25, 0.3) is 0 Å². The molecule has 29 heavy (non-hydrogen) atoms. The zero-order chi connectivity index (χ0) is 20.8. The monoisotopic (exact) mass is 429 g/mol. The standard InChI is InChI=1S/C20H20ClN5O2S/c1-3-22-19(28)23-17(27)12-29-20-25-24-18(14-6-8-15(21)9-7-14)26(20)16-10-4-13(2)5-11-16/h4-11H,3,12H2,1-2H3,(H2,22,23,27,28). The first-order valence-electron chi connectivity index (χ1n) is 8.97. The van der Waals surface area contributed by atoms with Gasteiger partial charge in [0.2, 0.25) is 5.91 Å². The second kappa shape index (κ2) is 9.58. The number of hydrogen-bond donors (Lipinski definition) is 2. The maximum atomic E-state index is 12.0.